The summed E-state index contributed by atoms with van der Waals surface area (Å²) in [6.07, 6.45) is 0. The maximum absolute atomic E-state index is 11.8. The molecular weight excluding hydrogens is 198 g/mol. The molecule has 1 saturated heterocycles. The Bertz CT molecular complexity index is 298. The normalized spacial score (nSPS) is 18.6. The Morgan fingerprint density at radius 3 is 2.53 bits per heavy atom. The van der Waals surface area contributed by atoms with Crippen LogP contribution in [0.25, 0.3) is 10.4 Å². The molecule has 0 saturated carbocycles. The molecule has 0 N–H and O–H groups in total. The van der Waals surface area contributed by atoms with Crippen LogP contribution in [0, 0.1) is 5.41 Å². The van der Waals surface area contributed by atoms with Gasteiger partial charge in [0, 0.05) is 11.5 Å². The second-order valence-corrected chi connectivity index (χ2v) is 4.66. The smallest absolute Gasteiger partial charge is 0.317 e. The fourth-order valence-corrected chi connectivity index (χ4v) is 1.18. The summed E-state index contributed by atoms with van der Waals surface area (Å²) in [4.78, 5) is 14.4. The average molecular weight is 213 g/mol. The van der Waals surface area contributed by atoms with E-state index < -0.39 is 11.0 Å². The van der Waals surface area contributed by atoms with Gasteiger partial charge >= 0.3 is 5.97 Å². The van der Waals surface area contributed by atoms with Gasteiger partial charge in [-0.05, 0) is 26.3 Å². The molecule has 0 aromatic rings. The van der Waals surface area contributed by atoms with Crippen molar-refractivity contribution >= 4 is 5.97 Å². The van der Waals surface area contributed by atoms with E-state index in [2.05, 4.69) is 10.0 Å². The highest BCUT2D eigenvalue weighted by molar-refractivity contribution is 5.78. The number of carbonyl (C=O) groups excluding carboxylic acids is 1. The molecule has 0 aromatic heterocycles. The lowest BCUT2D eigenvalue weighted by atomic mass is 9.86. The monoisotopic (exact) mass is 213 g/mol. The van der Waals surface area contributed by atoms with Crippen LogP contribution in [0.15, 0.2) is 5.11 Å². The van der Waals surface area contributed by atoms with E-state index in [4.69, 9.17) is 15.0 Å². The summed E-state index contributed by atoms with van der Waals surface area (Å²) in [7, 11) is 0. The Labute approximate surface area is 88.2 Å². The first-order valence-electron chi connectivity index (χ1n) is 4.72. The van der Waals surface area contributed by atoms with Crippen LogP contribution in [-0.2, 0) is 14.3 Å². The maximum atomic E-state index is 11.8. The van der Waals surface area contributed by atoms with E-state index >= 15 is 0 Å². The Kier molecular flexibility index (Phi) is 3.21. The van der Waals surface area contributed by atoms with Crippen LogP contribution in [-0.4, -0.2) is 31.3 Å². The van der Waals surface area contributed by atoms with Crippen LogP contribution in [0.4, 0.5) is 0 Å². The van der Waals surface area contributed by atoms with Gasteiger partial charge in [0.1, 0.15) is 11.0 Å². The van der Waals surface area contributed by atoms with Crippen molar-refractivity contribution in [2.24, 2.45) is 10.5 Å². The van der Waals surface area contributed by atoms with E-state index in [1.807, 2.05) is 0 Å². The third-order valence-electron chi connectivity index (χ3n) is 2.03. The molecule has 1 rings (SSSR count). The molecule has 0 radical (unpaired) electrons. The minimum Gasteiger partial charge on any atom is -0.459 e. The van der Waals surface area contributed by atoms with E-state index in [0.717, 1.165) is 0 Å². The minimum absolute atomic E-state index is 0.0956. The fraction of sp³-hybridized carbons (Fsp3) is 0.889. The zero-order valence-corrected chi connectivity index (χ0v) is 9.19. The van der Waals surface area contributed by atoms with Gasteiger partial charge in [0.25, 0.3) is 0 Å². The molecule has 0 aliphatic carbocycles. The van der Waals surface area contributed by atoms with Gasteiger partial charge in [0.15, 0.2) is 0 Å². The lowest BCUT2D eigenvalue weighted by Crippen LogP contribution is -2.53. The first-order chi connectivity index (χ1) is 6.90. The fourth-order valence-electron chi connectivity index (χ4n) is 1.18. The first kappa shape index (κ1) is 11.8. The zero-order chi connectivity index (χ0) is 11.5. The highest BCUT2D eigenvalue weighted by Crippen LogP contribution is 2.31. The molecule has 6 heteroatoms. The van der Waals surface area contributed by atoms with Crippen LogP contribution < -0.4 is 0 Å². The van der Waals surface area contributed by atoms with Gasteiger partial charge in [0.05, 0.1) is 13.2 Å². The van der Waals surface area contributed by atoms with Gasteiger partial charge in [-0.2, -0.15) is 0 Å². The van der Waals surface area contributed by atoms with Crippen LogP contribution in [0.5, 0.6) is 0 Å². The molecular formula is C9H15N3O3. The number of hydrogen-bond acceptors (Lipinski definition) is 4. The van der Waals surface area contributed by atoms with E-state index in [1.54, 1.807) is 20.8 Å². The third-order valence-corrected chi connectivity index (χ3v) is 2.03. The molecule has 0 bridgehead atoms. The Morgan fingerprint density at radius 1 is 1.60 bits per heavy atom. The SMILES string of the molecule is CC(C)(C)OC(=O)C1(CN=[N+]=[N-])COC1. The summed E-state index contributed by atoms with van der Waals surface area (Å²) in [5.74, 6) is -0.353. The lowest BCUT2D eigenvalue weighted by Gasteiger charge is -2.39. The highest BCUT2D eigenvalue weighted by atomic mass is 16.6. The van der Waals surface area contributed by atoms with Gasteiger partial charge in [-0.3, -0.25) is 4.79 Å². The van der Waals surface area contributed by atoms with Crippen molar-refractivity contribution in [3.8, 4) is 0 Å². The van der Waals surface area contributed by atoms with Gasteiger partial charge in [-0.1, -0.05) is 5.11 Å². The van der Waals surface area contributed by atoms with Gasteiger partial charge in [-0.15, -0.1) is 0 Å². The largest absolute Gasteiger partial charge is 0.459 e. The Hall–Kier alpha value is -1.26. The molecule has 1 aliphatic heterocycles. The van der Waals surface area contributed by atoms with Gasteiger partial charge < -0.3 is 9.47 Å². The molecule has 0 atom stereocenters. The van der Waals surface area contributed by atoms with Crippen LogP contribution in [0.2, 0.25) is 0 Å². The Morgan fingerprint density at radius 2 is 2.20 bits per heavy atom. The molecule has 1 fully saturated rings. The summed E-state index contributed by atoms with van der Waals surface area (Å²) >= 11 is 0. The molecule has 0 amide bonds. The van der Waals surface area contributed by atoms with Crippen LogP contribution >= 0.6 is 0 Å². The quantitative estimate of drug-likeness (QED) is 0.309. The van der Waals surface area contributed by atoms with E-state index in [0.29, 0.717) is 0 Å². The number of nitrogens with zero attached hydrogens (tertiary/aromatic N) is 3. The summed E-state index contributed by atoms with van der Waals surface area (Å²) in [5, 5.41) is 3.42. The molecule has 15 heavy (non-hydrogen) atoms. The molecule has 84 valence electrons. The maximum Gasteiger partial charge on any atom is 0.317 e. The van der Waals surface area contributed by atoms with E-state index in [1.165, 1.54) is 0 Å². The van der Waals surface area contributed by atoms with Crippen molar-refractivity contribution in [2.75, 3.05) is 19.8 Å². The predicted octanol–water partition coefficient (Wildman–Crippen LogP) is 1.66. The second kappa shape index (κ2) is 4.08. The van der Waals surface area contributed by atoms with Crippen molar-refractivity contribution in [3.05, 3.63) is 10.4 Å². The van der Waals surface area contributed by atoms with Crippen LogP contribution in [0.3, 0.4) is 0 Å². The van der Waals surface area contributed by atoms with E-state index in [-0.39, 0.29) is 25.7 Å². The number of hydrogen-bond donors (Lipinski definition) is 0. The number of ether oxygens (including phenoxy) is 2. The number of rotatable bonds is 3. The van der Waals surface area contributed by atoms with Crippen LogP contribution in [0.1, 0.15) is 20.8 Å². The van der Waals surface area contributed by atoms with Crippen molar-refractivity contribution in [1.82, 2.24) is 0 Å². The Balaban J connectivity index is 2.65. The molecule has 0 aromatic carbocycles. The number of esters is 1. The molecule has 1 aliphatic rings. The zero-order valence-electron chi connectivity index (χ0n) is 9.19. The third kappa shape index (κ3) is 2.84. The second-order valence-electron chi connectivity index (χ2n) is 4.66. The number of carbonyl (C=O) groups is 1. The number of azide groups is 1. The predicted molar refractivity (Wildman–Crippen MR) is 53.1 cm³/mol. The summed E-state index contributed by atoms with van der Waals surface area (Å²) in [6, 6.07) is 0. The van der Waals surface area contributed by atoms with Crippen molar-refractivity contribution < 1.29 is 14.3 Å². The van der Waals surface area contributed by atoms with Gasteiger partial charge in [-0.25, -0.2) is 0 Å². The van der Waals surface area contributed by atoms with Crippen molar-refractivity contribution in [2.45, 2.75) is 26.4 Å². The molecule has 1 heterocycles. The van der Waals surface area contributed by atoms with E-state index in [9.17, 15) is 4.79 Å². The summed E-state index contributed by atoms with van der Waals surface area (Å²) in [6.45, 7) is 6.02. The summed E-state index contributed by atoms with van der Waals surface area (Å²) < 4.78 is 10.2. The average Bonchev–Trinajstić information content (AvgIpc) is 1.99. The lowest BCUT2D eigenvalue weighted by molar-refractivity contribution is -0.194. The van der Waals surface area contributed by atoms with Crippen molar-refractivity contribution in [3.63, 3.8) is 0 Å². The van der Waals surface area contributed by atoms with Gasteiger partial charge in [0.2, 0.25) is 0 Å². The molecule has 0 spiro atoms. The molecule has 6 nitrogen and oxygen atoms in total. The minimum atomic E-state index is -0.764. The standard InChI is InChI=1S/C9H15N3O3/c1-8(2,3)15-7(13)9(4-11-12-10)5-14-6-9/h4-6H2,1-3H3. The molecule has 0 unspecified atom stereocenters. The summed E-state index contributed by atoms with van der Waals surface area (Å²) in [5.41, 5.74) is 6.93. The topological polar surface area (TPSA) is 84.3 Å². The first-order valence-corrected chi connectivity index (χ1v) is 4.72. The van der Waals surface area contributed by atoms with Crippen molar-refractivity contribution in [1.29, 1.82) is 0 Å². The highest BCUT2D eigenvalue weighted by Gasteiger charge is 2.48.